The van der Waals surface area contributed by atoms with Crippen LogP contribution in [0.15, 0.2) is 23.8 Å². The molecule has 1 rings (SSSR count). The molecule has 0 radical (unpaired) electrons. The summed E-state index contributed by atoms with van der Waals surface area (Å²) in [5.41, 5.74) is 1.53. The SMILES string of the molecule is C/C=C\C=C1\CCCNC1. The van der Waals surface area contributed by atoms with Crippen LogP contribution in [0, 0.1) is 0 Å². The molecule has 1 nitrogen and oxygen atoms in total. The Hall–Kier alpha value is -0.560. The average Bonchev–Trinajstić information content (AvgIpc) is 2.03. The van der Waals surface area contributed by atoms with E-state index in [1.165, 1.54) is 25.0 Å². The summed E-state index contributed by atoms with van der Waals surface area (Å²) in [6, 6.07) is 0. The molecule has 1 aliphatic rings. The second-order valence-electron chi connectivity index (χ2n) is 2.63. The van der Waals surface area contributed by atoms with Crippen LogP contribution >= 0.6 is 0 Å². The quantitative estimate of drug-likeness (QED) is 0.581. The Kier molecular flexibility index (Phi) is 3.23. The highest BCUT2D eigenvalue weighted by Crippen LogP contribution is 2.07. The van der Waals surface area contributed by atoms with E-state index < -0.39 is 0 Å². The predicted octanol–water partition coefficient (Wildman–Crippen LogP) is 1.87. The Labute approximate surface area is 62.8 Å². The molecule has 1 saturated heterocycles. The lowest BCUT2D eigenvalue weighted by Crippen LogP contribution is -2.23. The lowest BCUT2D eigenvalue weighted by atomic mass is 10.1. The second-order valence-corrected chi connectivity index (χ2v) is 2.63. The lowest BCUT2D eigenvalue weighted by Gasteiger charge is -2.14. The van der Waals surface area contributed by atoms with Gasteiger partial charge in [0.15, 0.2) is 0 Å². The van der Waals surface area contributed by atoms with Gasteiger partial charge >= 0.3 is 0 Å². The molecule has 10 heavy (non-hydrogen) atoms. The fraction of sp³-hybridized carbons (Fsp3) is 0.556. The van der Waals surface area contributed by atoms with Crippen LogP contribution in [-0.2, 0) is 0 Å². The van der Waals surface area contributed by atoms with Gasteiger partial charge in [-0.1, -0.05) is 23.8 Å². The van der Waals surface area contributed by atoms with Gasteiger partial charge in [0, 0.05) is 6.54 Å². The number of allylic oxidation sites excluding steroid dienone is 3. The summed E-state index contributed by atoms with van der Waals surface area (Å²) in [6.07, 6.45) is 8.97. The molecular weight excluding hydrogens is 122 g/mol. The highest BCUT2D eigenvalue weighted by molar-refractivity contribution is 5.14. The van der Waals surface area contributed by atoms with Gasteiger partial charge in [-0.2, -0.15) is 0 Å². The molecule has 0 aromatic heterocycles. The fourth-order valence-corrected chi connectivity index (χ4v) is 1.15. The summed E-state index contributed by atoms with van der Waals surface area (Å²) < 4.78 is 0. The molecule has 0 unspecified atom stereocenters. The minimum Gasteiger partial charge on any atom is -0.313 e. The van der Waals surface area contributed by atoms with Crippen molar-refractivity contribution in [2.45, 2.75) is 19.8 Å². The van der Waals surface area contributed by atoms with E-state index in [-0.39, 0.29) is 0 Å². The van der Waals surface area contributed by atoms with Crippen molar-refractivity contribution in [2.75, 3.05) is 13.1 Å². The highest BCUT2D eigenvalue weighted by atomic mass is 14.9. The number of hydrogen-bond donors (Lipinski definition) is 1. The second kappa shape index (κ2) is 4.29. The van der Waals surface area contributed by atoms with E-state index >= 15 is 0 Å². The molecule has 1 fully saturated rings. The maximum absolute atomic E-state index is 3.34. The van der Waals surface area contributed by atoms with Gasteiger partial charge in [0.2, 0.25) is 0 Å². The van der Waals surface area contributed by atoms with Crippen LogP contribution in [0.3, 0.4) is 0 Å². The minimum atomic E-state index is 1.09. The number of rotatable bonds is 1. The normalized spacial score (nSPS) is 24.3. The van der Waals surface area contributed by atoms with Gasteiger partial charge in [-0.15, -0.1) is 0 Å². The monoisotopic (exact) mass is 137 g/mol. The first kappa shape index (κ1) is 7.55. The first-order valence-electron chi connectivity index (χ1n) is 3.95. The molecule has 1 heterocycles. The van der Waals surface area contributed by atoms with E-state index in [9.17, 15) is 0 Å². The Morgan fingerprint density at radius 3 is 3.00 bits per heavy atom. The maximum atomic E-state index is 3.34. The molecule has 0 aromatic rings. The Balaban J connectivity index is 2.37. The molecule has 0 amide bonds. The predicted molar refractivity (Wildman–Crippen MR) is 45.0 cm³/mol. The first-order chi connectivity index (χ1) is 4.93. The number of hydrogen-bond acceptors (Lipinski definition) is 1. The summed E-state index contributed by atoms with van der Waals surface area (Å²) in [7, 11) is 0. The lowest BCUT2D eigenvalue weighted by molar-refractivity contribution is 0.610. The van der Waals surface area contributed by atoms with Gasteiger partial charge < -0.3 is 5.32 Å². The van der Waals surface area contributed by atoms with Crippen molar-refractivity contribution in [1.82, 2.24) is 5.32 Å². The molecule has 0 saturated carbocycles. The van der Waals surface area contributed by atoms with E-state index in [0.717, 1.165) is 6.54 Å². The average molecular weight is 137 g/mol. The summed E-state index contributed by atoms with van der Waals surface area (Å²) in [4.78, 5) is 0. The fourth-order valence-electron chi connectivity index (χ4n) is 1.15. The standard InChI is InChI=1S/C9H15N/c1-2-3-5-9-6-4-7-10-8-9/h2-3,5,10H,4,6-8H2,1H3/b3-2-,9-5-. The maximum Gasteiger partial charge on any atom is 0.0167 e. The number of piperidine rings is 1. The van der Waals surface area contributed by atoms with Crippen LogP contribution < -0.4 is 5.32 Å². The van der Waals surface area contributed by atoms with Gasteiger partial charge in [-0.05, 0) is 26.3 Å². The van der Waals surface area contributed by atoms with Gasteiger partial charge in [0.1, 0.15) is 0 Å². The van der Waals surface area contributed by atoms with Gasteiger partial charge in [0.05, 0.1) is 0 Å². The van der Waals surface area contributed by atoms with Crippen LogP contribution in [0.1, 0.15) is 19.8 Å². The molecule has 56 valence electrons. The molecule has 0 spiro atoms. The summed E-state index contributed by atoms with van der Waals surface area (Å²) >= 11 is 0. The molecule has 1 aliphatic heterocycles. The Morgan fingerprint density at radius 1 is 1.50 bits per heavy atom. The zero-order valence-electron chi connectivity index (χ0n) is 6.56. The van der Waals surface area contributed by atoms with Crippen LogP contribution in [0.4, 0.5) is 0 Å². The topological polar surface area (TPSA) is 12.0 Å². The van der Waals surface area contributed by atoms with Crippen molar-refractivity contribution in [3.8, 4) is 0 Å². The van der Waals surface area contributed by atoms with Crippen LogP contribution in [0.2, 0.25) is 0 Å². The summed E-state index contributed by atoms with van der Waals surface area (Å²) in [5, 5.41) is 3.34. The van der Waals surface area contributed by atoms with E-state index in [2.05, 4.69) is 23.5 Å². The molecule has 1 heteroatoms. The number of nitrogens with one attached hydrogen (secondary N) is 1. The first-order valence-corrected chi connectivity index (χ1v) is 3.95. The van der Waals surface area contributed by atoms with Crippen molar-refractivity contribution in [2.24, 2.45) is 0 Å². The Bertz CT molecular complexity index is 137. The zero-order chi connectivity index (χ0) is 7.23. The third-order valence-corrected chi connectivity index (χ3v) is 1.73. The smallest absolute Gasteiger partial charge is 0.0167 e. The molecule has 1 N–H and O–H groups in total. The van der Waals surface area contributed by atoms with Crippen LogP contribution in [0.25, 0.3) is 0 Å². The van der Waals surface area contributed by atoms with Crippen molar-refractivity contribution >= 4 is 0 Å². The molecule has 0 aromatic carbocycles. The largest absolute Gasteiger partial charge is 0.313 e. The van der Waals surface area contributed by atoms with Gasteiger partial charge in [0.25, 0.3) is 0 Å². The Morgan fingerprint density at radius 2 is 2.40 bits per heavy atom. The van der Waals surface area contributed by atoms with E-state index in [1.54, 1.807) is 0 Å². The third-order valence-electron chi connectivity index (χ3n) is 1.73. The van der Waals surface area contributed by atoms with E-state index in [0.29, 0.717) is 0 Å². The minimum absolute atomic E-state index is 1.09. The summed E-state index contributed by atoms with van der Waals surface area (Å²) in [6.45, 7) is 4.32. The van der Waals surface area contributed by atoms with Crippen molar-refractivity contribution < 1.29 is 0 Å². The van der Waals surface area contributed by atoms with Crippen molar-refractivity contribution in [3.05, 3.63) is 23.8 Å². The van der Waals surface area contributed by atoms with Gasteiger partial charge in [-0.3, -0.25) is 0 Å². The van der Waals surface area contributed by atoms with Crippen molar-refractivity contribution in [1.29, 1.82) is 0 Å². The van der Waals surface area contributed by atoms with Crippen LogP contribution in [0.5, 0.6) is 0 Å². The molecule has 0 bridgehead atoms. The molecule has 0 atom stereocenters. The third kappa shape index (κ3) is 2.36. The van der Waals surface area contributed by atoms with E-state index in [1.807, 2.05) is 6.92 Å². The van der Waals surface area contributed by atoms with Crippen LogP contribution in [-0.4, -0.2) is 13.1 Å². The molecule has 0 aliphatic carbocycles. The van der Waals surface area contributed by atoms with Gasteiger partial charge in [-0.25, -0.2) is 0 Å². The highest BCUT2D eigenvalue weighted by Gasteiger charge is 2.01. The van der Waals surface area contributed by atoms with Crippen molar-refractivity contribution in [3.63, 3.8) is 0 Å². The van der Waals surface area contributed by atoms with E-state index in [4.69, 9.17) is 0 Å². The molecular formula is C9H15N. The summed E-state index contributed by atoms with van der Waals surface area (Å²) in [5.74, 6) is 0. The zero-order valence-corrected chi connectivity index (χ0v) is 6.56.